The van der Waals surface area contributed by atoms with Gasteiger partial charge in [0.2, 0.25) is 0 Å². The number of nitrogens with one attached hydrogen (secondary N) is 1. The van der Waals surface area contributed by atoms with Crippen molar-refractivity contribution in [2.75, 3.05) is 0 Å². The number of aromatic amines is 1. The number of benzene rings is 1. The fraction of sp³-hybridized carbons (Fsp3) is 0. The van der Waals surface area contributed by atoms with Gasteiger partial charge in [-0.05, 0) is 35.2 Å². The summed E-state index contributed by atoms with van der Waals surface area (Å²) in [5.41, 5.74) is 3.47. The third-order valence-corrected chi connectivity index (χ3v) is 2.41. The maximum absolute atomic E-state index is 5.05. The first-order chi connectivity index (χ1) is 6.93. The average molecular weight is 183 g/mol. The van der Waals surface area contributed by atoms with E-state index in [2.05, 4.69) is 29.2 Å². The molecule has 0 bridgehead atoms. The molecular formula is C12H9NO. The first-order valence-corrected chi connectivity index (χ1v) is 4.53. The van der Waals surface area contributed by atoms with Crippen LogP contribution in [0.4, 0.5) is 0 Å². The second kappa shape index (κ2) is 2.77. The van der Waals surface area contributed by atoms with E-state index in [0.717, 1.165) is 11.1 Å². The lowest BCUT2D eigenvalue weighted by atomic mass is 10.1. The van der Waals surface area contributed by atoms with Gasteiger partial charge in [-0.1, -0.05) is 6.07 Å². The van der Waals surface area contributed by atoms with E-state index in [4.69, 9.17) is 4.42 Å². The van der Waals surface area contributed by atoms with Gasteiger partial charge >= 0.3 is 0 Å². The summed E-state index contributed by atoms with van der Waals surface area (Å²) >= 11 is 0. The number of rotatable bonds is 1. The van der Waals surface area contributed by atoms with E-state index < -0.39 is 0 Å². The van der Waals surface area contributed by atoms with Gasteiger partial charge in [-0.3, -0.25) is 0 Å². The van der Waals surface area contributed by atoms with E-state index in [1.807, 2.05) is 12.3 Å². The standard InChI is InChI=1S/C12H9NO/c1-2-12-10(3-5-13-12)7-9(1)11-4-6-14-8-11/h1-8,13H. The van der Waals surface area contributed by atoms with Crippen LogP contribution in [0.1, 0.15) is 0 Å². The quantitative estimate of drug-likeness (QED) is 0.615. The van der Waals surface area contributed by atoms with Crippen molar-refractivity contribution in [3.63, 3.8) is 0 Å². The zero-order valence-corrected chi connectivity index (χ0v) is 7.53. The van der Waals surface area contributed by atoms with Crippen LogP contribution < -0.4 is 0 Å². The lowest BCUT2D eigenvalue weighted by Gasteiger charge is -1.96. The van der Waals surface area contributed by atoms with E-state index in [-0.39, 0.29) is 0 Å². The molecule has 1 N–H and O–H groups in total. The summed E-state index contributed by atoms with van der Waals surface area (Å²) in [5.74, 6) is 0. The number of fused-ring (bicyclic) bond motifs is 1. The summed E-state index contributed by atoms with van der Waals surface area (Å²) in [6.07, 6.45) is 5.40. The Balaban J connectivity index is 2.23. The molecule has 0 radical (unpaired) electrons. The van der Waals surface area contributed by atoms with Crippen LogP contribution in [0.2, 0.25) is 0 Å². The predicted octanol–water partition coefficient (Wildman–Crippen LogP) is 3.43. The van der Waals surface area contributed by atoms with Gasteiger partial charge in [-0.15, -0.1) is 0 Å². The Morgan fingerprint density at radius 2 is 2.00 bits per heavy atom. The van der Waals surface area contributed by atoms with Gasteiger partial charge in [-0.25, -0.2) is 0 Å². The Hall–Kier alpha value is -1.96. The average Bonchev–Trinajstić information content (AvgIpc) is 2.88. The zero-order valence-electron chi connectivity index (χ0n) is 7.53. The summed E-state index contributed by atoms with van der Waals surface area (Å²) < 4.78 is 5.05. The molecule has 0 atom stereocenters. The van der Waals surface area contributed by atoms with Gasteiger partial charge in [0, 0.05) is 17.3 Å². The van der Waals surface area contributed by atoms with Crippen molar-refractivity contribution < 1.29 is 4.42 Å². The van der Waals surface area contributed by atoms with Crippen molar-refractivity contribution >= 4 is 10.9 Å². The molecule has 0 amide bonds. The van der Waals surface area contributed by atoms with Gasteiger partial charge in [0.15, 0.2) is 0 Å². The van der Waals surface area contributed by atoms with Crippen molar-refractivity contribution in [2.24, 2.45) is 0 Å². The molecule has 1 aromatic carbocycles. The number of hydrogen-bond donors (Lipinski definition) is 1. The largest absolute Gasteiger partial charge is 0.472 e. The fourth-order valence-corrected chi connectivity index (χ4v) is 1.66. The maximum Gasteiger partial charge on any atom is 0.0980 e. The molecule has 0 saturated heterocycles. The second-order valence-electron chi connectivity index (χ2n) is 3.29. The Morgan fingerprint density at radius 3 is 2.86 bits per heavy atom. The van der Waals surface area contributed by atoms with E-state index in [1.165, 1.54) is 10.9 Å². The van der Waals surface area contributed by atoms with E-state index in [9.17, 15) is 0 Å². The lowest BCUT2D eigenvalue weighted by molar-refractivity contribution is 0.568. The minimum Gasteiger partial charge on any atom is -0.472 e. The van der Waals surface area contributed by atoms with E-state index >= 15 is 0 Å². The van der Waals surface area contributed by atoms with E-state index in [1.54, 1.807) is 12.5 Å². The molecule has 0 aliphatic carbocycles. The minimum atomic E-state index is 1.12. The van der Waals surface area contributed by atoms with Crippen molar-refractivity contribution in [1.82, 2.24) is 4.98 Å². The predicted molar refractivity (Wildman–Crippen MR) is 56.0 cm³/mol. The molecule has 0 spiro atoms. The Bertz CT molecular complexity index is 548. The van der Waals surface area contributed by atoms with Gasteiger partial charge in [-0.2, -0.15) is 0 Å². The molecule has 0 fully saturated rings. The van der Waals surface area contributed by atoms with Gasteiger partial charge < -0.3 is 9.40 Å². The van der Waals surface area contributed by atoms with Crippen molar-refractivity contribution in [3.05, 3.63) is 49.1 Å². The van der Waals surface area contributed by atoms with Crippen molar-refractivity contribution in [2.45, 2.75) is 0 Å². The molecular weight excluding hydrogens is 174 g/mol. The summed E-state index contributed by atoms with van der Waals surface area (Å²) in [6, 6.07) is 10.4. The second-order valence-corrected chi connectivity index (χ2v) is 3.29. The van der Waals surface area contributed by atoms with E-state index in [0.29, 0.717) is 0 Å². The Morgan fingerprint density at radius 1 is 1.00 bits per heavy atom. The van der Waals surface area contributed by atoms with Crippen LogP contribution in [0, 0.1) is 0 Å². The highest BCUT2D eigenvalue weighted by Gasteiger charge is 2.00. The van der Waals surface area contributed by atoms with Crippen LogP contribution in [-0.4, -0.2) is 4.98 Å². The molecule has 0 aliphatic rings. The van der Waals surface area contributed by atoms with Crippen molar-refractivity contribution in [1.29, 1.82) is 0 Å². The third-order valence-electron chi connectivity index (χ3n) is 2.41. The summed E-state index contributed by atoms with van der Waals surface area (Å²) in [6.45, 7) is 0. The number of aromatic nitrogens is 1. The molecule has 0 saturated carbocycles. The normalized spacial score (nSPS) is 10.9. The van der Waals surface area contributed by atoms with Crippen LogP contribution in [0.25, 0.3) is 22.0 Å². The minimum absolute atomic E-state index is 1.12. The van der Waals surface area contributed by atoms with Crippen LogP contribution in [0.15, 0.2) is 53.5 Å². The molecule has 3 rings (SSSR count). The number of furan rings is 1. The van der Waals surface area contributed by atoms with Gasteiger partial charge in [0.1, 0.15) is 0 Å². The van der Waals surface area contributed by atoms with Crippen molar-refractivity contribution in [3.8, 4) is 11.1 Å². The maximum atomic E-state index is 5.05. The summed E-state index contributed by atoms with van der Waals surface area (Å²) in [4.78, 5) is 3.17. The summed E-state index contributed by atoms with van der Waals surface area (Å²) in [5, 5.41) is 1.23. The highest BCUT2D eigenvalue weighted by molar-refractivity contribution is 5.84. The molecule has 2 aromatic heterocycles. The smallest absolute Gasteiger partial charge is 0.0980 e. The highest BCUT2D eigenvalue weighted by atomic mass is 16.3. The van der Waals surface area contributed by atoms with Crippen LogP contribution in [0.5, 0.6) is 0 Å². The molecule has 0 aliphatic heterocycles. The van der Waals surface area contributed by atoms with Gasteiger partial charge in [0.25, 0.3) is 0 Å². The zero-order chi connectivity index (χ0) is 9.38. The SMILES string of the molecule is c1cc2cc(-c3ccoc3)ccc2[nH]1. The molecule has 68 valence electrons. The third kappa shape index (κ3) is 1.04. The monoisotopic (exact) mass is 183 g/mol. The molecule has 3 aromatic rings. The molecule has 0 unspecified atom stereocenters. The fourth-order valence-electron chi connectivity index (χ4n) is 1.66. The van der Waals surface area contributed by atoms with Crippen LogP contribution in [-0.2, 0) is 0 Å². The van der Waals surface area contributed by atoms with Crippen LogP contribution >= 0.6 is 0 Å². The van der Waals surface area contributed by atoms with Crippen LogP contribution in [0.3, 0.4) is 0 Å². The molecule has 2 heteroatoms. The molecule has 2 nitrogen and oxygen atoms in total. The number of hydrogen-bond acceptors (Lipinski definition) is 1. The lowest BCUT2D eigenvalue weighted by Crippen LogP contribution is -1.73. The molecule has 14 heavy (non-hydrogen) atoms. The Labute approximate surface area is 81.2 Å². The Kier molecular flexibility index (Phi) is 1.47. The molecule has 2 heterocycles. The first-order valence-electron chi connectivity index (χ1n) is 4.53. The first kappa shape index (κ1) is 7.44. The van der Waals surface area contributed by atoms with Gasteiger partial charge in [0.05, 0.1) is 12.5 Å². The topological polar surface area (TPSA) is 28.9 Å². The summed E-state index contributed by atoms with van der Waals surface area (Å²) in [7, 11) is 0. The number of H-pyrrole nitrogens is 1. The highest BCUT2D eigenvalue weighted by Crippen LogP contribution is 2.23.